The Balaban J connectivity index is 1.61. The van der Waals surface area contributed by atoms with E-state index in [1.54, 1.807) is 50.6 Å². The third-order valence-corrected chi connectivity index (χ3v) is 4.01. The molecule has 0 saturated heterocycles. The highest BCUT2D eigenvalue weighted by molar-refractivity contribution is 6.04. The smallest absolute Gasteiger partial charge is 0.255 e. The Labute approximate surface area is 152 Å². The van der Waals surface area contributed by atoms with Gasteiger partial charge in [0.25, 0.3) is 5.91 Å². The SMILES string of the molecule is COc1cccc(C(=O)Nc2ccc(OC3=CC=CC(OC)C3)cc2)c1. The lowest BCUT2D eigenvalue weighted by Crippen LogP contribution is -2.13. The molecule has 2 aromatic carbocycles. The zero-order valence-electron chi connectivity index (χ0n) is 14.8. The fourth-order valence-electron chi connectivity index (χ4n) is 2.58. The summed E-state index contributed by atoms with van der Waals surface area (Å²) in [6, 6.07) is 14.3. The van der Waals surface area contributed by atoms with Gasteiger partial charge in [-0.05, 0) is 48.5 Å². The fourth-order valence-corrected chi connectivity index (χ4v) is 2.58. The van der Waals surface area contributed by atoms with Gasteiger partial charge in [-0.2, -0.15) is 0 Å². The number of ether oxygens (including phenoxy) is 3. The standard InChI is InChI=1S/C21H21NO4/c1-24-18-6-3-5-15(13-18)21(23)22-16-9-11-17(12-10-16)26-20-8-4-7-19(14-20)25-2/h3-13,19H,14H2,1-2H3,(H,22,23). The van der Waals surface area contributed by atoms with Crippen molar-refractivity contribution in [3.05, 3.63) is 78.1 Å². The number of hydrogen-bond acceptors (Lipinski definition) is 4. The van der Waals surface area contributed by atoms with Crippen molar-refractivity contribution in [1.82, 2.24) is 0 Å². The van der Waals surface area contributed by atoms with Gasteiger partial charge < -0.3 is 19.5 Å². The molecule has 1 unspecified atom stereocenters. The van der Waals surface area contributed by atoms with Crippen LogP contribution in [0.4, 0.5) is 5.69 Å². The van der Waals surface area contributed by atoms with Gasteiger partial charge in [0.05, 0.1) is 13.2 Å². The Morgan fingerprint density at radius 3 is 2.62 bits per heavy atom. The molecule has 3 rings (SSSR count). The summed E-state index contributed by atoms with van der Waals surface area (Å²) >= 11 is 0. The van der Waals surface area contributed by atoms with Crippen LogP contribution < -0.4 is 14.8 Å². The lowest BCUT2D eigenvalue weighted by molar-refractivity contribution is 0.102. The van der Waals surface area contributed by atoms with E-state index in [4.69, 9.17) is 14.2 Å². The van der Waals surface area contributed by atoms with E-state index in [0.717, 1.165) is 5.76 Å². The first-order valence-corrected chi connectivity index (χ1v) is 8.31. The molecule has 1 aliphatic carbocycles. The number of amides is 1. The van der Waals surface area contributed by atoms with Crippen molar-refractivity contribution in [3.8, 4) is 11.5 Å². The minimum absolute atomic E-state index is 0.0384. The van der Waals surface area contributed by atoms with E-state index < -0.39 is 0 Å². The molecule has 26 heavy (non-hydrogen) atoms. The van der Waals surface area contributed by atoms with Crippen molar-refractivity contribution in [2.45, 2.75) is 12.5 Å². The molecule has 1 aliphatic rings. The number of allylic oxidation sites excluding steroid dienone is 2. The van der Waals surface area contributed by atoms with Crippen molar-refractivity contribution >= 4 is 11.6 Å². The maximum Gasteiger partial charge on any atom is 0.255 e. The van der Waals surface area contributed by atoms with Crippen LogP contribution in [0.25, 0.3) is 0 Å². The highest BCUT2D eigenvalue weighted by atomic mass is 16.5. The lowest BCUT2D eigenvalue weighted by Gasteiger charge is -2.17. The van der Waals surface area contributed by atoms with Crippen LogP contribution in [-0.2, 0) is 4.74 Å². The molecule has 0 bridgehead atoms. The van der Waals surface area contributed by atoms with Gasteiger partial charge in [0.15, 0.2) is 0 Å². The Kier molecular flexibility index (Phi) is 5.71. The summed E-state index contributed by atoms with van der Waals surface area (Å²) < 4.78 is 16.3. The monoisotopic (exact) mass is 351 g/mol. The first-order valence-electron chi connectivity index (χ1n) is 8.31. The quantitative estimate of drug-likeness (QED) is 0.848. The minimum atomic E-state index is -0.194. The van der Waals surface area contributed by atoms with E-state index in [1.165, 1.54) is 0 Å². The number of benzene rings is 2. The average molecular weight is 351 g/mol. The number of carbonyl (C=O) groups excluding carboxylic acids is 1. The zero-order valence-corrected chi connectivity index (χ0v) is 14.8. The van der Waals surface area contributed by atoms with Crippen LogP contribution in [0, 0.1) is 0 Å². The van der Waals surface area contributed by atoms with Gasteiger partial charge in [0.2, 0.25) is 0 Å². The maximum absolute atomic E-state index is 12.3. The third-order valence-electron chi connectivity index (χ3n) is 4.01. The van der Waals surface area contributed by atoms with Crippen LogP contribution >= 0.6 is 0 Å². The van der Waals surface area contributed by atoms with Crippen molar-refractivity contribution in [3.63, 3.8) is 0 Å². The second kappa shape index (κ2) is 8.36. The molecule has 5 nitrogen and oxygen atoms in total. The summed E-state index contributed by atoms with van der Waals surface area (Å²) in [5.74, 6) is 2.00. The first-order chi connectivity index (χ1) is 12.7. The molecule has 1 atom stereocenters. The Hall–Kier alpha value is -3.05. The summed E-state index contributed by atoms with van der Waals surface area (Å²) in [7, 11) is 3.25. The van der Waals surface area contributed by atoms with E-state index in [9.17, 15) is 4.79 Å². The van der Waals surface area contributed by atoms with E-state index in [-0.39, 0.29) is 12.0 Å². The number of nitrogens with one attached hydrogen (secondary N) is 1. The van der Waals surface area contributed by atoms with Gasteiger partial charge in [-0.15, -0.1) is 0 Å². The summed E-state index contributed by atoms with van der Waals surface area (Å²) in [5, 5.41) is 2.86. The van der Waals surface area contributed by atoms with Crippen LogP contribution in [0.1, 0.15) is 16.8 Å². The van der Waals surface area contributed by atoms with Gasteiger partial charge in [-0.3, -0.25) is 4.79 Å². The molecular weight excluding hydrogens is 330 g/mol. The predicted molar refractivity (Wildman–Crippen MR) is 101 cm³/mol. The molecule has 1 amide bonds. The zero-order chi connectivity index (χ0) is 18.4. The molecule has 1 N–H and O–H groups in total. The van der Waals surface area contributed by atoms with Crippen molar-refractivity contribution in [2.75, 3.05) is 19.5 Å². The van der Waals surface area contributed by atoms with Crippen molar-refractivity contribution in [1.29, 1.82) is 0 Å². The van der Waals surface area contributed by atoms with E-state index in [2.05, 4.69) is 5.32 Å². The van der Waals surface area contributed by atoms with Crippen LogP contribution in [-0.4, -0.2) is 26.2 Å². The molecule has 0 radical (unpaired) electrons. The predicted octanol–water partition coefficient (Wildman–Crippen LogP) is 4.19. The first kappa shape index (κ1) is 17.8. The van der Waals surface area contributed by atoms with Crippen molar-refractivity contribution < 1.29 is 19.0 Å². The van der Waals surface area contributed by atoms with Gasteiger partial charge in [0.1, 0.15) is 17.3 Å². The van der Waals surface area contributed by atoms with Crippen LogP contribution in [0.5, 0.6) is 11.5 Å². The topological polar surface area (TPSA) is 56.8 Å². The van der Waals surface area contributed by atoms with Gasteiger partial charge >= 0.3 is 0 Å². The fraction of sp³-hybridized carbons (Fsp3) is 0.190. The van der Waals surface area contributed by atoms with Gasteiger partial charge in [-0.1, -0.05) is 18.2 Å². The summed E-state index contributed by atoms with van der Waals surface area (Å²) in [4.78, 5) is 12.3. The lowest BCUT2D eigenvalue weighted by atomic mass is 10.1. The maximum atomic E-state index is 12.3. The highest BCUT2D eigenvalue weighted by Gasteiger charge is 2.12. The average Bonchev–Trinajstić information content (AvgIpc) is 2.69. The largest absolute Gasteiger partial charge is 0.497 e. The highest BCUT2D eigenvalue weighted by Crippen LogP contribution is 2.23. The Morgan fingerprint density at radius 2 is 1.88 bits per heavy atom. The molecule has 5 heteroatoms. The molecule has 0 heterocycles. The summed E-state index contributed by atoms with van der Waals surface area (Å²) in [6.07, 6.45) is 6.58. The number of anilines is 1. The number of rotatable bonds is 6. The molecule has 0 fully saturated rings. The number of hydrogen-bond donors (Lipinski definition) is 1. The molecule has 2 aromatic rings. The molecule has 134 valence electrons. The summed E-state index contributed by atoms with van der Waals surface area (Å²) in [6.45, 7) is 0. The second-order valence-corrected chi connectivity index (χ2v) is 5.81. The number of methoxy groups -OCH3 is 2. The second-order valence-electron chi connectivity index (χ2n) is 5.81. The molecular formula is C21H21NO4. The van der Waals surface area contributed by atoms with Crippen LogP contribution in [0.15, 0.2) is 72.5 Å². The van der Waals surface area contributed by atoms with E-state index >= 15 is 0 Å². The molecule has 0 spiro atoms. The van der Waals surface area contributed by atoms with Crippen molar-refractivity contribution in [2.24, 2.45) is 0 Å². The van der Waals surface area contributed by atoms with E-state index in [0.29, 0.717) is 29.2 Å². The van der Waals surface area contributed by atoms with Crippen LogP contribution in [0.2, 0.25) is 0 Å². The molecule has 0 saturated carbocycles. The molecule has 0 aliphatic heterocycles. The number of carbonyl (C=O) groups is 1. The molecule has 0 aromatic heterocycles. The third kappa shape index (κ3) is 4.52. The summed E-state index contributed by atoms with van der Waals surface area (Å²) in [5.41, 5.74) is 1.23. The van der Waals surface area contributed by atoms with Crippen LogP contribution in [0.3, 0.4) is 0 Å². The minimum Gasteiger partial charge on any atom is -0.497 e. The Bertz CT molecular complexity index is 824. The van der Waals surface area contributed by atoms with Gasteiger partial charge in [-0.25, -0.2) is 0 Å². The van der Waals surface area contributed by atoms with E-state index in [1.807, 2.05) is 30.4 Å². The van der Waals surface area contributed by atoms with Gasteiger partial charge in [0, 0.05) is 24.8 Å². The Morgan fingerprint density at radius 1 is 1.08 bits per heavy atom. The normalized spacial score (nSPS) is 15.9.